The number of aliphatic hydroxyl groups is 2. The van der Waals surface area contributed by atoms with E-state index in [1.54, 1.807) is 29.0 Å². The Morgan fingerprint density at radius 3 is 2.59 bits per heavy atom. The third-order valence-electron chi connectivity index (χ3n) is 6.74. The third kappa shape index (κ3) is 8.09. The van der Waals surface area contributed by atoms with Crippen LogP contribution in [-0.2, 0) is 17.6 Å². The number of aliphatic hydroxyl groups excluding tert-OH is 2. The van der Waals surface area contributed by atoms with Crippen molar-refractivity contribution in [3.8, 4) is 5.69 Å². The van der Waals surface area contributed by atoms with E-state index < -0.39 is 24.6 Å². The number of nitrogens with zero attached hydrogens (tertiary/aromatic N) is 2. The van der Waals surface area contributed by atoms with Crippen molar-refractivity contribution in [1.29, 1.82) is 0 Å². The molecule has 0 aliphatic heterocycles. The van der Waals surface area contributed by atoms with Gasteiger partial charge in [-0.25, -0.2) is 9.07 Å². The maximum atomic E-state index is 13.6. The number of carbonyl (C=O) groups excluding carboxylic acids is 1. The Kier molecular flexibility index (Phi) is 11.1. The summed E-state index contributed by atoms with van der Waals surface area (Å²) < 4.78 is 15.4. The number of fused-ring (bicyclic) bond motifs is 1. The molecule has 1 aliphatic carbocycles. The number of halogens is 1. The van der Waals surface area contributed by atoms with Gasteiger partial charge in [-0.05, 0) is 74.4 Å². The predicted octanol–water partition coefficient (Wildman–Crippen LogP) is 0.723. The van der Waals surface area contributed by atoms with Crippen LogP contribution in [0.15, 0.2) is 60.7 Å². The van der Waals surface area contributed by atoms with Crippen molar-refractivity contribution in [1.82, 2.24) is 9.78 Å². The molecule has 0 fully saturated rings. The van der Waals surface area contributed by atoms with Crippen LogP contribution in [0.25, 0.3) is 11.8 Å². The van der Waals surface area contributed by atoms with E-state index in [2.05, 4.69) is 24.3 Å². The summed E-state index contributed by atoms with van der Waals surface area (Å²) in [5, 5.41) is 35.9. The Balaban J connectivity index is 0.00000380. The number of carbonyl (C=O) groups is 1. The molecule has 0 saturated heterocycles. The normalized spacial score (nSPS) is 16.7. The van der Waals surface area contributed by atoms with Crippen LogP contribution in [0.4, 0.5) is 4.39 Å². The number of aliphatic carboxylic acids is 1. The van der Waals surface area contributed by atoms with Crippen LogP contribution in [0.5, 0.6) is 0 Å². The Bertz CT molecular complexity index is 1180. The fourth-order valence-electron chi connectivity index (χ4n) is 4.99. The maximum absolute atomic E-state index is 13.6. The molecule has 3 atom stereocenters. The Morgan fingerprint density at radius 1 is 1.16 bits per heavy atom. The zero-order valence-electron chi connectivity index (χ0n) is 21.2. The molecule has 1 aliphatic rings. The quantitative estimate of drug-likeness (QED) is 0.368. The van der Waals surface area contributed by atoms with Crippen molar-refractivity contribution < 1.29 is 54.1 Å². The second-order valence-corrected chi connectivity index (χ2v) is 9.50. The number of hydrogen-bond acceptors (Lipinski definition) is 5. The molecule has 0 amide bonds. The molecule has 0 bridgehead atoms. The zero-order valence-corrected chi connectivity index (χ0v) is 23.2. The van der Waals surface area contributed by atoms with Crippen LogP contribution in [0.1, 0.15) is 67.0 Å². The third-order valence-corrected chi connectivity index (χ3v) is 6.74. The summed E-state index contributed by atoms with van der Waals surface area (Å²) in [6, 6.07) is 16.6. The number of hydrogen-bond donors (Lipinski definition) is 2. The molecule has 0 radical (unpaired) electrons. The van der Waals surface area contributed by atoms with Crippen molar-refractivity contribution in [3.05, 3.63) is 89.0 Å². The first-order valence-corrected chi connectivity index (χ1v) is 12.6. The van der Waals surface area contributed by atoms with Crippen molar-refractivity contribution in [3.63, 3.8) is 0 Å². The molecular formula is C29H32FN2NaO4. The maximum Gasteiger partial charge on any atom is 1.00 e. The average molecular weight is 515 g/mol. The van der Waals surface area contributed by atoms with Gasteiger partial charge in [0, 0.05) is 30.3 Å². The fourth-order valence-corrected chi connectivity index (χ4v) is 4.99. The van der Waals surface area contributed by atoms with Gasteiger partial charge in [0.15, 0.2) is 0 Å². The van der Waals surface area contributed by atoms with Gasteiger partial charge in [0.2, 0.25) is 0 Å². The molecular weight excluding hydrogens is 482 g/mol. The van der Waals surface area contributed by atoms with E-state index in [0.717, 1.165) is 61.2 Å². The minimum Gasteiger partial charge on any atom is -0.550 e. The molecule has 0 saturated carbocycles. The van der Waals surface area contributed by atoms with E-state index in [9.17, 15) is 24.5 Å². The number of aromatic nitrogens is 2. The molecule has 8 heteroatoms. The van der Waals surface area contributed by atoms with E-state index in [4.69, 9.17) is 5.10 Å². The van der Waals surface area contributed by atoms with Gasteiger partial charge in [-0.15, -0.1) is 0 Å². The van der Waals surface area contributed by atoms with E-state index >= 15 is 0 Å². The molecule has 1 heterocycles. The second-order valence-electron chi connectivity index (χ2n) is 9.50. The predicted molar refractivity (Wildman–Crippen MR) is 134 cm³/mol. The summed E-state index contributed by atoms with van der Waals surface area (Å²) in [6.07, 6.45) is 6.49. The molecule has 1 aromatic heterocycles. The first-order chi connectivity index (χ1) is 17.4. The van der Waals surface area contributed by atoms with Crippen LogP contribution < -0.4 is 34.7 Å². The van der Waals surface area contributed by atoms with Gasteiger partial charge in [-0.3, -0.25) is 0 Å². The van der Waals surface area contributed by atoms with Gasteiger partial charge < -0.3 is 20.1 Å². The average Bonchev–Trinajstić information content (AvgIpc) is 3.22. The molecule has 1 unspecified atom stereocenters. The van der Waals surface area contributed by atoms with Crippen LogP contribution in [0.2, 0.25) is 0 Å². The van der Waals surface area contributed by atoms with Crippen LogP contribution in [0, 0.1) is 5.82 Å². The summed E-state index contributed by atoms with van der Waals surface area (Å²) in [5.74, 6) is -1.37. The topological polar surface area (TPSA) is 98.4 Å². The molecule has 4 rings (SSSR count). The summed E-state index contributed by atoms with van der Waals surface area (Å²) in [6.45, 7) is 0. The van der Waals surface area contributed by atoms with Crippen molar-refractivity contribution in [2.45, 2.75) is 69.5 Å². The summed E-state index contributed by atoms with van der Waals surface area (Å²) in [4.78, 5) is 10.7. The fraction of sp³-hybridized carbons (Fsp3) is 0.379. The van der Waals surface area contributed by atoms with Crippen LogP contribution >= 0.6 is 0 Å². The molecule has 37 heavy (non-hydrogen) atoms. The molecule has 190 valence electrons. The van der Waals surface area contributed by atoms with Crippen LogP contribution in [-0.4, -0.2) is 38.2 Å². The first-order valence-electron chi connectivity index (χ1n) is 12.6. The van der Waals surface area contributed by atoms with E-state index in [0.29, 0.717) is 5.92 Å². The smallest absolute Gasteiger partial charge is 0.550 e. The molecule has 3 aromatic rings. The Hall–Kier alpha value is -2.29. The molecule has 2 N–H and O–H groups in total. The van der Waals surface area contributed by atoms with Gasteiger partial charge in [-0.1, -0.05) is 36.4 Å². The van der Waals surface area contributed by atoms with Crippen molar-refractivity contribution in [2.75, 3.05) is 0 Å². The number of benzene rings is 2. The van der Waals surface area contributed by atoms with Crippen LogP contribution in [0.3, 0.4) is 0 Å². The number of carboxylic acids is 1. The van der Waals surface area contributed by atoms with Gasteiger partial charge in [0.25, 0.3) is 0 Å². The van der Waals surface area contributed by atoms with Gasteiger partial charge >= 0.3 is 29.6 Å². The van der Waals surface area contributed by atoms with Gasteiger partial charge in [0.1, 0.15) is 5.82 Å². The Labute approximate surface area is 239 Å². The summed E-state index contributed by atoms with van der Waals surface area (Å²) >= 11 is 0. The van der Waals surface area contributed by atoms with E-state index in [1.807, 2.05) is 6.07 Å². The SMILES string of the molecule is O=C([O-])C[C@H](O)C[C@H](O)/C=C/c1c2c(nn1-c1ccc(F)cc1)C(CCCc1ccccc1)CCC2.[Na+]. The molecule has 0 spiro atoms. The standard InChI is InChI=1S/C29H33FN2O4.Na/c30-22-12-14-23(15-13-22)32-27(17-16-24(33)18-25(34)19-28(35)36)26-11-5-10-21(29(26)31-32)9-4-8-20-6-2-1-3-7-20;/h1-3,6-7,12-17,21,24-25,33-34H,4-5,8-11,18-19H2,(H,35,36);/q;+1/p-1/b17-16+;/t21?,24-,25-;/m1./s1. The zero-order chi connectivity index (χ0) is 25.5. The monoisotopic (exact) mass is 514 g/mol. The van der Waals surface area contributed by atoms with Crippen molar-refractivity contribution in [2.24, 2.45) is 0 Å². The molecule has 6 nitrogen and oxygen atoms in total. The van der Waals surface area contributed by atoms with Crippen molar-refractivity contribution >= 4 is 12.0 Å². The largest absolute Gasteiger partial charge is 1.00 e. The number of aryl methyl sites for hydroxylation is 1. The van der Waals surface area contributed by atoms with Gasteiger partial charge in [-0.2, -0.15) is 5.10 Å². The van der Waals surface area contributed by atoms with Gasteiger partial charge in [0.05, 0.1) is 29.3 Å². The summed E-state index contributed by atoms with van der Waals surface area (Å²) in [7, 11) is 0. The number of rotatable bonds is 11. The summed E-state index contributed by atoms with van der Waals surface area (Å²) in [5.41, 5.74) is 5.03. The Morgan fingerprint density at radius 2 is 1.89 bits per heavy atom. The minimum atomic E-state index is -1.36. The second kappa shape index (κ2) is 14.0. The first kappa shape index (κ1) is 29.3. The number of carboxylic acid groups (broad SMARTS) is 1. The van der Waals surface area contributed by atoms with E-state index in [1.165, 1.54) is 17.7 Å². The minimum absolute atomic E-state index is 0. The molecule has 2 aromatic carbocycles. The van der Waals surface area contributed by atoms with E-state index in [-0.39, 0.29) is 41.8 Å².